The van der Waals surface area contributed by atoms with Gasteiger partial charge in [-0.15, -0.1) is 33.0 Å². The third kappa shape index (κ3) is 5.19. The van der Waals surface area contributed by atoms with Crippen molar-refractivity contribution in [2.45, 2.75) is 18.8 Å². The van der Waals surface area contributed by atoms with Gasteiger partial charge in [-0.25, -0.2) is 4.89 Å². The molecule has 2 rings (SSSR count). The van der Waals surface area contributed by atoms with E-state index in [-0.39, 0.29) is 37.0 Å². The highest BCUT2D eigenvalue weighted by molar-refractivity contribution is 7.59. The quantitative estimate of drug-likeness (QED) is 0.219. The smallest absolute Gasteiger partial charge is 0.269 e. The second-order valence-corrected chi connectivity index (χ2v) is 8.09. The second-order valence-electron chi connectivity index (χ2n) is 5.25. The number of non-ortho nitro benzene ring substituents is 1. The normalized spacial score (nSPS) is 26.8. The average molecular weight is 414 g/mol. The van der Waals surface area contributed by atoms with Crippen molar-refractivity contribution in [3.8, 4) is 0 Å². The van der Waals surface area contributed by atoms with Crippen LogP contribution in [-0.2, 0) is 9.41 Å². The Hall–Kier alpha value is -0.610. The van der Waals surface area contributed by atoms with Gasteiger partial charge in [0.2, 0.25) is 0 Å². The predicted molar refractivity (Wildman–Crippen MR) is 92.1 cm³/mol. The molecule has 1 saturated heterocycles. The summed E-state index contributed by atoms with van der Waals surface area (Å²) in [4.78, 5) is 27.8. The Balaban J connectivity index is 2.25. The number of hydrogen-bond acceptors (Lipinski definition) is 8. The highest BCUT2D eigenvalue weighted by Gasteiger charge is 2.47. The molecule has 1 aromatic carbocycles. The van der Waals surface area contributed by atoms with Crippen molar-refractivity contribution in [1.82, 2.24) is 9.76 Å². The molecule has 1 fully saturated rings. The summed E-state index contributed by atoms with van der Waals surface area (Å²) in [6.07, 6.45) is -1.47. The van der Waals surface area contributed by atoms with Gasteiger partial charge < -0.3 is 4.89 Å². The summed E-state index contributed by atoms with van der Waals surface area (Å²) >= 11 is 11.5. The van der Waals surface area contributed by atoms with Crippen LogP contribution in [0, 0.1) is 10.1 Å². The lowest BCUT2D eigenvalue weighted by atomic mass is 10.1. The number of nitrogens with one attached hydrogen (secondary N) is 1. The molecule has 1 aliphatic heterocycles. The van der Waals surface area contributed by atoms with Crippen LogP contribution >= 0.6 is 31.2 Å². The Bertz CT molecular complexity index is 577. The molecule has 0 bridgehead atoms. The van der Waals surface area contributed by atoms with Gasteiger partial charge in [0.05, 0.1) is 18.0 Å². The number of nitro benzene ring substituents is 1. The second kappa shape index (κ2) is 9.36. The summed E-state index contributed by atoms with van der Waals surface area (Å²) in [5.74, 6) is 0.414. The Kier molecular flexibility index (Phi) is 7.75. The largest absolute Gasteiger partial charge is 0.626 e. The molecule has 0 aromatic heterocycles. The van der Waals surface area contributed by atoms with E-state index in [0.717, 1.165) is 0 Å². The minimum atomic E-state index is -3.59. The van der Waals surface area contributed by atoms with E-state index in [2.05, 4.69) is 9.97 Å². The Morgan fingerprint density at radius 2 is 1.96 bits per heavy atom. The first kappa shape index (κ1) is 20.7. The van der Waals surface area contributed by atoms with Gasteiger partial charge in [0.1, 0.15) is 6.10 Å². The predicted octanol–water partition coefficient (Wildman–Crippen LogP) is 2.28. The van der Waals surface area contributed by atoms with E-state index in [0.29, 0.717) is 5.56 Å². The molecule has 0 radical (unpaired) electrons. The number of rotatable bonds is 8. The van der Waals surface area contributed by atoms with Crippen LogP contribution in [0.1, 0.15) is 18.1 Å². The molecule has 1 aromatic rings. The lowest BCUT2D eigenvalue weighted by Gasteiger charge is -2.44. The van der Waals surface area contributed by atoms with E-state index in [1.807, 2.05) is 0 Å². The van der Waals surface area contributed by atoms with Crippen LogP contribution in [-0.4, -0.2) is 45.9 Å². The maximum Gasteiger partial charge on any atom is 0.269 e. The van der Waals surface area contributed by atoms with Gasteiger partial charge in [-0.2, -0.15) is 4.52 Å². The Morgan fingerprint density at radius 3 is 2.44 bits per heavy atom. The first-order valence-electron chi connectivity index (χ1n) is 7.41. The molecule has 3 atom stereocenters. The monoisotopic (exact) mass is 413 g/mol. The summed E-state index contributed by atoms with van der Waals surface area (Å²) in [6.45, 7) is 0.507. The molecule has 25 heavy (non-hydrogen) atoms. The average Bonchev–Trinajstić information content (AvgIpc) is 2.61. The van der Waals surface area contributed by atoms with Crippen molar-refractivity contribution >= 4 is 36.9 Å². The molecule has 0 aliphatic carbocycles. The van der Waals surface area contributed by atoms with Crippen LogP contribution in [0.25, 0.3) is 0 Å². The molecule has 0 amide bonds. The Morgan fingerprint density at radius 1 is 1.36 bits per heavy atom. The van der Waals surface area contributed by atoms with Gasteiger partial charge in [0.15, 0.2) is 6.23 Å². The summed E-state index contributed by atoms with van der Waals surface area (Å²) < 4.78 is 7.22. The first-order valence-corrected chi connectivity index (χ1v) is 10.1. The molecular weight excluding hydrogens is 396 g/mol. The third-order valence-corrected chi connectivity index (χ3v) is 6.30. The fourth-order valence-corrected chi connectivity index (χ4v) is 5.26. The molecule has 1 heterocycles. The van der Waals surface area contributed by atoms with E-state index in [1.165, 1.54) is 28.9 Å². The maximum absolute atomic E-state index is 13.2. The topological polar surface area (TPSA) is 120 Å². The third-order valence-electron chi connectivity index (χ3n) is 3.67. The number of nitrogens with zero attached hydrogens (tertiary/aromatic N) is 2. The summed E-state index contributed by atoms with van der Waals surface area (Å²) in [5.41, 5.74) is 0.507. The van der Waals surface area contributed by atoms with E-state index in [1.54, 1.807) is 0 Å². The van der Waals surface area contributed by atoms with E-state index in [4.69, 9.17) is 33.0 Å². The van der Waals surface area contributed by atoms with Gasteiger partial charge in [0.25, 0.3) is 13.7 Å². The lowest BCUT2D eigenvalue weighted by Crippen LogP contribution is -2.51. The van der Waals surface area contributed by atoms with E-state index < -0.39 is 25.3 Å². The molecule has 140 valence electrons. The van der Waals surface area contributed by atoms with Crippen molar-refractivity contribution in [2.75, 3.05) is 24.8 Å². The number of nitro groups is 1. The van der Waals surface area contributed by atoms with Crippen molar-refractivity contribution < 1.29 is 24.5 Å². The van der Waals surface area contributed by atoms with Crippen LogP contribution in [0.2, 0.25) is 0 Å². The first-order chi connectivity index (χ1) is 11.9. The lowest BCUT2D eigenvalue weighted by molar-refractivity contribution is -0.384. The van der Waals surface area contributed by atoms with Crippen molar-refractivity contribution in [3.63, 3.8) is 0 Å². The van der Waals surface area contributed by atoms with E-state index >= 15 is 0 Å². The minimum absolute atomic E-state index is 0.0678. The van der Waals surface area contributed by atoms with Crippen molar-refractivity contribution in [1.29, 1.82) is 0 Å². The number of benzene rings is 1. The number of halogens is 2. The zero-order valence-electron chi connectivity index (χ0n) is 13.1. The fourth-order valence-electron chi connectivity index (χ4n) is 2.47. The summed E-state index contributed by atoms with van der Waals surface area (Å²) in [7, 11) is -3.59. The minimum Gasteiger partial charge on any atom is -0.626 e. The fraction of sp³-hybridized carbons (Fsp3) is 0.538. The van der Waals surface area contributed by atoms with Crippen molar-refractivity contribution in [3.05, 3.63) is 39.9 Å². The molecule has 1 unspecified atom stereocenters. The van der Waals surface area contributed by atoms with Gasteiger partial charge in [-0.3, -0.25) is 15.4 Å². The summed E-state index contributed by atoms with van der Waals surface area (Å²) in [6, 6.07) is 5.69. The zero-order chi connectivity index (χ0) is 18.4. The standard InChI is InChI=1S/C13H18Cl2N3O6P/c14-5-7-17(8-6-15)25(22)16-13(23-21)9-12(24-25)10-1-3-11(4-2-10)18(19)20/h1-4,12-13,21H,5-9H2,(H,16,22)/t12-,13+,25?/m0/s1. The highest BCUT2D eigenvalue weighted by atomic mass is 35.5. The van der Waals surface area contributed by atoms with Crippen LogP contribution in [0.4, 0.5) is 5.69 Å². The van der Waals surface area contributed by atoms with Gasteiger partial charge in [0, 0.05) is 30.3 Å². The highest BCUT2D eigenvalue weighted by Crippen LogP contribution is 2.58. The molecule has 2 N–H and O–H groups in total. The maximum atomic E-state index is 13.2. The molecule has 0 spiro atoms. The van der Waals surface area contributed by atoms with Crippen LogP contribution in [0.15, 0.2) is 24.3 Å². The number of alkyl halides is 2. The SMILES string of the molecule is O=[N+]([O-])c1ccc([C@@H]2C[C@@H](OO)N[P+]([O-])(N(CCCl)CCCl)O2)cc1. The molecule has 9 nitrogen and oxygen atoms in total. The van der Waals surface area contributed by atoms with E-state index in [9.17, 15) is 15.0 Å². The number of hydrogen-bond donors (Lipinski definition) is 2. The molecule has 1 aliphatic rings. The van der Waals surface area contributed by atoms with Gasteiger partial charge in [-0.1, -0.05) is 0 Å². The zero-order valence-corrected chi connectivity index (χ0v) is 15.5. The van der Waals surface area contributed by atoms with Crippen molar-refractivity contribution in [2.24, 2.45) is 0 Å². The molecule has 0 saturated carbocycles. The van der Waals surface area contributed by atoms with Crippen LogP contribution in [0.3, 0.4) is 0 Å². The van der Waals surface area contributed by atoms with Crippen LogP contribution < -0.4 is 9.98 Å². The molecule has 12 heteroatoms. The molecular formula is C13H18Cl2N3O6P. The summed E-state index contributed by atoms with van der Waals surface area (Å²) in [5, 5.41) is 22.4. The van der Waals surface area contributed by atoms with Gasteiger partial charge >= 0.3 is 0 Å². The van der Waals surface area contributed by atoms with Crippen LogP contribution in [0.5, 0.6) is 0 Å². The van der Waals surface area contributed by atoms with Gasteiger partial charge in [-0.05, 0) is 17.7 Å². The Labute approximate surface area is 155 Å².